The van der Waals surface area contributed by atoms with Crippen molar-refractivity contribution >= 4 is 135 Å². The van der Waals surface area contributed by atoms with Crippen LogP contribution in [0.15, 0.2) is 124 Å². The van der Waals surface area contributed by atoms with Crippen LogP contribution < -0.4 is 16.1 Å². The van der Waals surface area contributed by atoms with Crippen molar-refractivity contribution in [2.45, 2.75) is 0 Å². The number of hydrogen-bond acceptors (Lipinski definition) is 10. The number of carbonyl (C=O) groups excluding carboxylic acids is 2. The fraction of sp³-hybridized carbons (Fsp3) is 0.158. The van der Waals surface area contributed by atoms with Crippen LogP contribution in [0.25, 0.3) is 11.1 Å². The van der Waals surface area contributed by atoms with Crippen LogP contribution in [0.3, 0.4) is 0 Å². The summed E-state index contributed by atoms with van der Waals surface area (Å²) in [7, 11) is 17.3. The van der Waals surface area contributed by atoms with Gasteiger partial charge in [-0.15, -0.1) is 71.4 Å². The Morgan fingerprint density at radius 3 is 1.25 bits per heavy atom. The smallest absolute Gasteiger partial charge is 0.423 e. The summed E-state index contributed by atoms with van der Waals surface area (Å²) in [6.07, 6.45) is 0. The van der Waals surface area contributed by atoms with Gasteiger partial charge in [-0.05, 0) is 65.1 Å². The summed E-state index contributed by atoms with van der Waals surface area (Å²) in [6.45, 7) is 2.93. The number of ether oxygens (including phenoxy) is 2. The molecule has 0 spiro atoms. The topological polar surface area (TPSA) is 165 Å². The van der Waals surface area contributed by atoms with Crippen LogP contribution >= 0.6 is 111 Å². The van der Waals surface area contributed by atoms with E-state index in [-0.39, 0.29) is 56.3 Å². The summed E-state index contributed by atoms with van der Waals surface area (Å²) in [5.74, 6) is -0.578. The number of benzene rings is 4. The van der Waals surface area contributed by atoms with Crippen molar-refractivity contribution < 1.29 is 49.5 Å². The number of hydrogen-bond donors (Lipinski definition) is 4. The molecule has 330 valence electrons. The number of nitrogens with one attached hydrogen (secondary N) is 2. The molecule has 2 aliphatic rings. The number of nitriles is 2. The van der Waals surface area contributed by atoms with Gasteiger partial charge in [0.05, 0.1) is 37.8 Å². The normalized spacial score (nSPS) is 13.4. The molecule has 2 aliphatic heterocycles. The average Bonchev–Trinajstić information content (AvgIpc) is 3.31. The maximum atomic E-state index is 12.6. The number of Topliss-reactive ketones (excluding diaryl/α,β-unsaturated/α-hetero) is 2. The van der Waals surface area contributed by atoms with Gasteiger partial charge in [0.2, 0.25) is 11.6 Å². The van der Waals surface area contributed by atoms with E-state index >= 15 is 0 Å². The molecule has 0 aliphatic carbocycles. The molecule has 8 unspecified atom stereocenters. The Hall–Kier alpha value is -0.653. The molecule has 2 saturated heterocycles. The van der Waals surface area contributed by atoms with Crippen LogP contribution in [0.1, 0.15) is 20.7 Å². The Kier molecular flexibility index (Phi) is 39.5. The summed E-state index contributed by atoms with van der Waals surface area (Å²) < 4.78 is 11.4. The van der Waals surface area contributed by atoms with Gasteiger partial charge in [-0.3, -0.25) is 9.59 Å². The van der Waals surface area contributed by atoms with Gasteiger partial charge in [0.25, 0.3) is 0 Å². The standard InChI is InChI=1S/C19H15ClN2O2.C13H11BrN2O2.C6H6BClO2.4H4P2.Pd/c20-16-7-5-14(6-8-16)13-1-3-15(4-2-13)19(23)17(11-21)18-12-24-10-9-22-18;14-10-3-1-9(2-4-10)13(17)11(7-15)12-8-18-6-5-16-12;8-6-3-1-5(2-4-6)7(9)10;4*1-2;/h1-8,22H,9-10,12H2;1-4,16H,5-6,8H2;1-4,9-10H;4*1-2H2;/b18-17-;12-11-;;;;;;. The molecule has 0 amide bonds. The third-order valence-corrected chi connectivity index (χ3v) is 8.58. The fourth-order valence-electron chi connectivity index (χ4n) is 4.81. The van der Waals surface area contributed by atoms with Crippen molar-refractivity contribution in [3.63, 3.8) is 0 Å². The molecule has 2 heterocycles. The van der Waals surface area contributed by atoms with Gasteiger partial charge in [0.1, 0.15) is 23.3 Å². The largest absolute Gasteiger partial charge is 0.488 e. The summed E-state index contributed by atoms with van der Waals surface area (Å²) in [5, 5.41) is 43.1. The van der Waals surface area contributed by atoms with Gasteiger partial charge in [-0.2, -0.15) is 10.5 Å². The quantitative estimate of drug-likeness (QED) is 0.0486. The molecule has 61 heavy (non-hydrogen) atoms. The van der Waals surface area contributed by atoms with Crippen molar-refractivity contribution in [2.24, 2.45) is 0 Å². The minimum absolute atomic E-state index is 0. The molecular weight excluding hydrogens is 1120 g/mol. The van der Waals surface area contributed by atoms with E-state index in [4.69, 9.17) is 48.0 Å². The second kappa shape index (κ2) is 38.6. The van der Waals surface area contributed by atoms with E-state index in [1.807, 2.05) is 48.5 Å². The van der Waals surface area contributed by atoms with Crippen LogP contribution in [0, 0.1) is 22.7 Å². The second-order valence-electron chi connectivity index (χ2n) is 11.1. The van der Waals surface area contributed by atoms with E-state index in [0.29, 0.717) is 64.3 Å². The zero-order valence-electron chi connectivity index (χ0n) is 32.5. The summed E-state index contributed by atoms with van der Waals surface area (Å²) in [5.41, 5.74) is 4.76. The zero-order valence-corrected chi connectivity index (χ0v) is 46.4. The first-order valence-corrected chi connectivity index (χ1v) is 29.4. The Bertz CT molecular complexity index is 2020. The van der Waals surface area contributed by atoms with E-state index in [0.717, 1.165) is 15.6 Å². The SMILES string of the molecule is N#C/C(C(=O)c1ccc(-c2ccc(Cl)cc2)cc1)=C1\COCCN1.N#C/C(C(=O)c1ccc(Br)cc1)=C1\COCCN1.OB(O)c1ccc(Cl)cc1.PP.PP.PP.PP.[Pd]. The number of carbonyl (C=O) groups is 2. The Morgan fingerprint density at radius 1 is 0.607 bits per heavy atom. The molecule has 4 aromatic rings. The number of halogens is 3. The van der Waals surface area contributed by atoms with Crippen molar-refractivity contribution in [3.05, 3.63) is 145 Å². The molecule has 4 aromatic carbocycles. The summed E-state index contributed by atoms with van der Waals surface area (Å²) >= 11 is 14.8. The van der Waals surface area contributed by atoms with Gasteiger partial charge in [0, 0.05) is 59.2 Å². The first kappa shape index (κ1) is 62.4. The Balaban J connectivity index is 0. The molecular formula is C38H48BBrCl2N4O6P8Pd. The number of ketones is 2. The molecule has 0 saturated carbocycles. The molecule has 4 N–H and O–H groups in total. The van der Waals surface area contributed by atoms with Crippen LogP contribution in [-0.4, -0.2) is 68.2 Å². The summed E-state index contributed by atoms with van der Waals surface area (Å²) in [4.78, 5) is 24.8. The van der Waals surface area contributed by atoms with Crippen molar-refractivity contribution in [1.82, 2.24) is 10.6 Å². The first-order chi connectivity index (χ1) is 29.1. The Labute approximate surface area is 410 Å². The Morgan fingerprint density at radius 2 is 0.934 bits per heavy atom. The number of rotatable bonds is 6. The van der Waals surface area contributed by atoms with E-state index in [1.165, 1.54) is 0 Å². The monoisotopic (exact) mass is 1170 g/mol. The average molecular weight is 1170 g/mol. The van der Waals surface area contributed by atoms with Gasteiger partial charge in [0.15, 0.2) is 0 Å². The summed E-state index contributed by atoms with van der Waals surface area (Å²) in [6, 6.07) is 31.9. The maximum absolute atomic E-state index is 12.6. The maximum Gasteiger partial charge on any atom is 0.488 e. The second-order valence-corrected chi connectivity index (χ2v) is 12.9. The zero-order chi connectivity index (χ0) is 45.5. The molecule has 0 bridgehead atoms. The van der Waals surface area contributed by atoms with Crippen molar-refractivity contribution in [2.75, 3.05) is 39.5 Å². The van der Waals surface area contributed by atoms with E-state index in [9.17, 15) is 14.9 Å². The van der Waals surface area contributed by atoms with Crippen LogP contribution in [0.4, 0.5) is 0 Å². The van der Waals surface area contributed by atoms with Crippen molar-refractivity contribution in [1.29, 1.82) is 10.5 Å². The third-order valence-electron chi connectivity index (χ3n) is 7.54. The van der Waals surface area contributed by atoms with Gasteiger partial charge < -0.3 is 30.2 Å². The molecule has 8 atom stereocenters. The molecule has 2 fully saturated rings. The first-order valence-electron chi connectivity index (χ1n) is 17.2. The number of morpholine rings is 2. The molecule has 0 radical (unpaired) electrons. The number of allylic oxidation sites excluding steroid dienone is 2. The van der Waals surface area contributed by atoms with Gasteiger partial charge in [-0.25, -0.2) is 0 Å². The van der Waals surface area contributed by atoms with Gasteiger partial charge >= 0.3 is 7.12 Å². The van der Waals surface area contributed by atoms with Crippen LogP contribution in [-0.2, 0) is 29.9 Å². The van der Waals surface area contributed by atoms with Gasteiger partial charge in [-0.1, -0.05) is 87.7 Å². The van der Waals surface area contributed by atoms with Crippen LogP contribution in [0.5, 0.6) is 0 Å². The molecule has 23 heteroatoms. The van der Waals surface area contributed by atoms with Crippen LogP contribution in [0.2, 0.25) is 10.0 Å². The minimum Gasteiger partial charge on any atom is -0.423 e. The third kappa shape index (κ3) is 23.4. The molecule has 0 aromatic heterocycles. The molecule has 6 rings (SSSR count). The van der Waals surface area contributed by atoms with E-state index in [2.05, 4.69) is 98.0 Å². The predicted octanol–water partition coefficient (Wildman–Crippen LogP) is 8.24. The van der Waals surface area contributed by atoms with Crippen molar-refractivity contribution in [3.8, 4) is 23.3 Å². The van der Waals surface area contributed by atoms with E-state index < -0.39 is 7.12 Å². The molecule has 10 nitrogen and oxygen atoms in total. The predicted molar refractivity (Wildman–Crippen MR) is 282 cm³/mol. The number of nitrogens with zero attached hydrogens (tertiary/aromatic N) is 2. The fourth-order valence-corrected chi connectivity index (χ4v) is 5.33. The minimum atomic E-state index is -1.41. The van der Waals surface area contributed by atoms with E-state index in [1.54, 1.807) is 60.7 Å².